The van der Waals surface area contributed by atoms with Crippen LogP contribution in [0.1, 0.15) is 12.1 Å². The zero-order valence-electron chi connectivity index (χ0n) is 10.8. The fourth-order valence-corrected chi connectivity index (χ4v) is 1.81. The van der Waals surface area contributed by atoms with Crippen molar-refractivity contribution >= 4 is 0 Å². The molecule has 0 aliphatic heterocycles. The average Bonchev–Trinajstić information content (AvgIpc) is 3.03. The van der Waals surface area contributed by atoms with Crippen molar-refractivity contribution in [2.75, 3.05) is 0 Å². The molecule has 0 aliphatic rings. The molecule has 0 saturated heterocycles. The molecule has 0 amide bonds. The molecule has 20 heavy (non-hydrogen) atoms. The summed E-state index contributed by atoms with van der Waals surface area (Å²) in [5.74, 6) is 2.08. The topological polar surface area (TPSA) is 31.6 Å². The molecule has 3 nitrogen and oxygen atoms in total. The first-order valence-corrected chi connectivity index (χ1v) is 6.38. The molecule has 0 atom stereocenters. The Kier molecular flexibility index (Phi) is 3.69. The summed E-state index contributed by atoms with van der Waals surface area (Å²) in [4.78, 5) is 0. The maximum Gasteiger partial charge on any atom is 0.300 e. The highest BCUT2D eigenvalue weighted by atomic mass is 16.7. The normalized spacial score (nSPS) is 10.4. The highest BCUT2D eigenvalue weighted by Crippen LogP contribution is 2.25. The van der Waals surface area contributed by atoms with Crippen molar-refractivity contribution in [3.63, 3.8) is 0 Å². The van der Waals surface area contributed by atoms with Gasteiger partial charge < -0.3 is 13.9 Å². The summed E-state index contributed by atoms with van der Waals surface area (Å²) >= 11 is 0. The number of ether oxygens (including phenoxy) is 2. The number of para-hydroxylation sites is 2. The third kappa shape index (κ3) is 3.01. The Hall–Kier alpha value is -2.68. The highest BCUT2D eigenvalue weighted by Gasteiger charge is 2.18. The molecule has 1 aromatic heterocycles. The van der Waals surface area contributed by atoms with Gasteiger partial charge in [0.1, 0.15) is 11.5 Å². The van der Waals surface area contributed by atoms with Crippen molar-refractivity contribution in [2.45, 2.75) is 6.29 Å². The van der Waals surface area contributed by atoms with Gasteiger partial charge in [-0.15, -0.1) is 0 Å². The molecule has 3 aromatic rings. The Morgan fingerprint density at radius 3 is 1.65 bits per heavy atom. The SMILES string of the molecule is c1ccc(OC(Oc2ccccc2)c2ccco2)cc1. The molecule has 0 spiro atoms. The molecule has 0 fully saturated rings. The molecule has 0 unspecified atom stereocenters. The first-order valence-electron chi connectivity index (χ1n) is 6.38. The standard InChI is InChI=1S/C17H14O3/c1-3-8-14(9-4-1)19-17(16-12-7-13-18-16)20-15-10-5-2-6-11-15/h1-13,17H. The number of hydrogen-bond acceptors (Lipinski definition) is 3. The zero-order chi connectivity index (χ0) is 13.6. The Bertz CT molecular complexity index is 576. The Morgan fingerprint density at radius 1 is 0.650 bits per heavy atom. The van der Waals surface area contributed by atoms with Crippen LogP contribution >= 0.6 is 0 Å². The molecular formula is C17H14O3. The van der Waals surface area contributed by atoms with Crippen LogP contribution < -0.4 is 9.47 Å². The lowest BCUT2D eigenvalue weighted by Gasteiger charge is -2.18. The van der Waals surface area contributed by atoms with Gasteiger partial charge in [0.15, 0.2) is 5.76 Å². The summed E-state index contributed by atoms with van der Waals surface area (Å²) < 4.78 is 17.1. The third-order valence-electron chi connectivity index (χ3n) is 2.75. The predicted molar refractivity (Wildman–Crippen MR) is 75.6 cm³/mol. The number of rotatable bonds is 5. The molecule has 0 radical (unpaired) electrons. The third-order valence-corrected chi connectivity index (χ3v) is 2.75. The Labute approximate surface area is 117 Å². The second kappa shape index (κ2) is 5.97. The van der Waals surface area contributed by atoms with E-state index in [0.29, 0.717) is 5.76 Å². The molecule has 1 heterocycles. The van der Waals surface area contributed by atoms with Crippen LogP contribution in [0, 0.1) is 0 Å². The van der Waals surface area contributed by atoms with Crippen LogP contribution in [0.5, 0.6) is 11.5 Å². The Balaban J connectivity index is 1.81. The fraction of sp³-hybridized carbons (Fsp3) is 0.0588. The minimum absolute atomic E-state index is 0.616. The zero-order valence-corrected chi connectivity index (χ0v) is 10.8. The summed E-state index contributed by atoms with van der Waals surface area (Å²) in [7, 11) is 0. The van der Waals surface area contributed by atoms with Gasteiger partial charge in [0, 0.05) is 0 Å². The lowest BCUT2D eigenvalue weighted by Crippen LogP contribution is -2.14. The largest absolute Gasteiger partial charge is 0.461 e. The summed E-state index contributed by atoms with van der Waals surface area (Å²) in [6.07, 6.45) is 0.986. The van der Waals surface area contributed by atoms with E-state index < -0.39 is 6.29 Å². The second-order valence-electron chi connectivity index (χ2n) is 4.21. The van der Waals surface area contributed by atoms with E-state index in [-0.39, 0.29) is 0 Å². The van der Waals surface area contributed by atoms with Crippen molar-refractivity contribution in [3.8, 4) is 11.5 Å². The van der Waals surface area contributed by atoms with Gasteiger partial charge in [-0.3, -0.25) is 0 Å². The lowest BCUT2D eigenvalue weighted by molar-refractivity contribution is -0.0131. The molecule has 0 N–H and O–H groups in total. The average molecular weight is 266 g/mol. The first-order chi connectivity index (χ1) is 9.92. The van der Waals surface area contributed by atoms with Crippen molar-refractivity contribution < 1.29 is 13.9 Å². The van der Waals surface area contributed by atoms with E-state index in [9.17, 15) is 0 Å². The van der Waals surface area contributed by atoms with E-state index in [4.69, 9.17) is 13.9 Å². The van der Waals surface area contributed by atoms with Crippen molar-refractivity contribution in [1.82, 2.24) is 0 Å². The summed E-state index contributed by atoms with van der Waals surface area (Å²) in [6.45, 7) is 0. The monoisotopic (exact) mass is 266 g/mol. The van der Waals surface area contributed by atoms with Gasteiger partial charge in [0.25, 0.3) is 6.29 Å². The van der Waals surface area contributed by atoms with Crippen molar-refractivity contribution in [2.24, 2.45) is 0 Å². The van der Waals surface area contributed by atoms with Crippen molar-refractivity contribution in [3.05, 3.63) is 84.8 Å². The van der Waals surface area contributed by atoms with E-state index in [1.54, 1.807) is 6.26 Å². The van der Waals surface area contributed by atoms with Crippen LogP contribution in [-0.4, -0.2) is 0 Å². The first kappa shape index (κ1) is 12.4. The number of benzene rings is 2. The molecule has 2 aromatic carbocycles. The summed E-state index contributed by atoms with van der Waals surface area (Å²) in [5.41, 5.74) is 0. The van der Waals surface area contributed by atoms with Crippen LogP contribution in [0.4, 0.5) is 0 Å². The maximum absolute atomic E-state index is 5.85. The van der Waals surface area contributed by atoms with Crippen LogP contribution in [0.3, 0.4) is 0 Å². The van der Waals surface area contributed by atoms with Gasteiger partial charge in [-0.1, -0.05) is 36.4 Å². The van der Waals surface area contributed by atoms with Gasteiger partial charge in [-0.25, -0.2) is 0 Å². The van der Waals surface area contributed by atoms with E-state index in [1.165, 1.54) is 0 Å². The lowest BCUT2D eigenvalue weighted by atomic mass is 10.3. The van der Waals surface area contributed by atoms with Gasteiger partial charge in [0.05, 0.1) is 6.26 Å². The van der Waals surface area contributed by atoms with E-state index in [2.05, 4.69) is 0 Å². The molecule has 0 saturated carbocycles. The van der Waals surface area contributed by atoms with Crippen LogP contribution in [0.15, 0.2) is 83.5 Å². The van der Waals surface area contributed by atoms with Gasteiger partial charge in [0.2, 0.25) is 0 Å². The number of hydrogen-bond donors (Lipinski definition) is 0. The van der Waals surface area contributed by atoms with E-state index in [1.807, 2.05) is 72.8 Å². The molecule has 3 heteroatoms. The van der Waals surface area contributed by atoms with Crippen LogP contribution in [0.25, 0.3) is 0 Å². The summed E-state index contributed by atoms with van der Waals surface area (Å²) in [5, 5.41) is 0. The van der Waals surface area contributed by atoms with Gasteiger partial charge >= 0.3 is 0 Å². The van der Waals surface area contributed by atoms with E-state index in [0.717, 1.165) is 11.5 Å². The molecule has 100 valence electrons. The molecule has 0 aliphatic carbocycles. The van der Waals surface area contributed by atoms with Gasteiger partial charge in [-0.2, -0.15) is 0 Å². The number of furan rings is 1. The predicted octanol–water partition coefficient (Wildman–Crippen LogP) is 4.44. The highest BCUT2D eigenvalue weighted by molar-refractivity contribution is 5.24. The molecule has 0 bridgehead atoms. The molecular weight excluding hydrogens is 252 g/mol. The Morgan fingerprint density at radius 2 is 1.20 bits per heavy atom. The minimum Gasteiger partial charge on any atom is -0.461 e. The van der Waals surface area contributed by atoms with Gasteiger partial charge in [-0.05, 0) is 36.4 Å². The molecule has 3 rings (SSSR count). The van der Waals surface area contributed by atoms with Crippen LogP contribution in [-0.2, 0) is 0 Å². The minimum atomic E-state index is -0.616. The quantitative estimate of drug-likeness (QED) is 0.640. The van der Waals surface area contributed by atoms with Crippen molar-refractivity contribution in [1.29, 1.82) is 0 Å². The van der Waals surface area contributed by atoms with E-state index >= 15 is 0 Å². The maximum atomic E-state index is 5.85. The van der Waals surface area contributed by atoms with Crippen LogP contribution in [0.2, 0.25) is 0 Å². The fourth-order valence-electron chi connectivity index (χ4n) is 1.81. The summed E-state index contributed by atoms with van der Waals surface area (Å²) in [6, 6.07) is 22.7. The second-order valence-corrected chi connectivity index (χ2v) is 4.21. The smallest absolute Gasteiger partial charge is 0.300 e.